The molecular weight excluding hydrogens is 459 g/mol. The van der Waals surface area contributed by atoms with Crippen LogP contribution in [-0.4, -0.2) is 30.8 Å². The topological polar surface area (TPSA) is 61.8 Å². The summed E-state index contributed by atoms with van der Waals surface area (Å²) in [7, 11) is 0. The number of alkyl halides is 1. The van der Waals surface area contributed by atoms with Crippen LogP contribution in [0.4, 0.5) is 4.39 Å². The van der Waals surface area contributed by atoms with E-state index in [-0.39, 0.29) is 12.5 Å². The van der Waals surface area contributed by atoms with Gasteiger partial charge in [0.2, 0.25) is 0 Å². The molecule has 2 aromatic rings. The van der Waals surface area contributed by atoms with Gasteiger partial charge in [0.05, 0.1) is 12.2 Å². The second kappa shape index (κ2) is 14.6. The molecule has 1 saturated carbocycles. The molecule has 0 saturated heterocycles. The van der Waals surface area contributed by atoms with E-state index in [1.54, 1.807) is 24.3 Å². The number of halogens is 1. The lowest BCUT2D eigenvalue weighted by Gasteiger charge is -2.29. The van der Waals surface area contributed by atoms with E-state index in [4.69, 9.17) is 14.2 Å². The number of rotatable bonds is 13. The number of esters is 2. The summed E-state index contributed by atoms with van der Waals surface area (Å²) in [6.45, 7) is 4.80. The summed E-state index contributed by atoms with van der Waals surface area (Å²) in [5, 5.41) is 0. The molecule has 0 radical (unpaired) electrons. The molecule has 6 heteroatoms. The normalized spacial score (nSPS) is 18.3. The van der Waals surface area contributed by atoms with Crippen LogP contribution < -0.4 is 9.47 Å². The van der Waals surface area contributed by atoms with Crippen LogP contribution in [0.1, 0.15) is 99.9 Å². The van der Waals surface area contributed by atoms with E-state index in [0.717, 1.165) is 62.7 Å². The number of unbranched alkanes of at least 4 members (excludes halogenated alkanes) is 3. The van der Waals surface area contributed by atoms with E-state index in [1.807, 2.05) is 31.2 Å². The Morgan fingerprint density at radius 1 is 0.861 bits per heavy atom. The van der Waals surface area contributed by atoms with E-state index >= 15 is 0 Å². The van der Waals surface area contributed by atoms with Crippen LogP contribution in [0.25, 0.3) is 0 Å². The average molecular weight is 499 g/mol. The number of carbonyl (C=O) groups excluding carboxylic acids is 2. The van der Waals surface area contributed by atoms with Crippen molar-refractivity contribution in [2.75, 3.05) is 6.61 Å². The van der Waals surface area contributed by atoms with Crippen LogP contribution in [-0.2, 0) is 9.53 Å². The standard InChI is InChI=1S/C30H39FO5/c1-3-5-7-21-34-25-15-13-24(14-16-25)29(32)35-26-17-9-22(10-18-26)23-11-19-27(20-12-23)36-30(33)28(31)8-6-4-2/h9-10,13-18,23,27-28H,3-8,11-12,19-21H2,1-2H3/t23-,27-,28-/m0/s1. The maximum atomic E-state index is 13.9. The van der Waals surface area contributed by atoms with Crippen LogP contribution in [0.5, 0.6) is 11.5 Å². The minimum absolute atomic E-state index is 0.206. The van der Waals surface area contributed by atoms with Gasteiger partial charge in [-0.1, -0.05) is 51.7 Å². The molecule has 196 valence electrons. The third kappa shape index (κ3) is 8.65. The number of hydrogen-bond acceptors (Lipinski definition) is 5. The zero-order chi connectivity index (χ0) is 25.8. The van der Waals surface area contributed by atoms with Gasteiger partial charge in [0, 0.05) is 0 Å². The van der Waals surface area contributed by atoms with Crippen molar-refractivity contribution in [1.82, 2.24) is 0 Å². The lowest BCUT2D eigenvalue weighted by molar-refractivity contribution is -0.157. The quantitative estimate of drug-likeness (QED) is 0.162. The first-order valence-corrected chi connectivity index (χ1v) is 13.4. The van der Waals surface area contributed by atoms with E-state index < -0.39 is 18.1 Å². The lowest BCUT2D eigenvalue weighted by Crippen LogP contribution is -2.28. The highest BCUT2D eigenvalue weighted by atomic mass is 19.1. The first-order chi connectivity index (χ1) is 17.5. The smallest absolute Gasteiger partial charge is 0.343 e. The first kappa shape index (κ1) is 27.7. The molecule has 1 aliphatic rings. The highest BCUT2D eigenvalue weighted by molar-refractivity contribution is 5.91. The van der Waals surface area contributed by atoms with Crippen LogP contribution >= 0.6 is 0 Å². The Morgan fingerprint density at radius 2 is 1.50 bits per heavy atom. The van der Waals surface area contributed by atoms with Crippen molar-refractivity contribution in [2.24, 2.45) is 0 Å². The van der Waals surface area contributed by atoms with Gasteiger partial charge in [-0.15, -0.1) is 0 Å². The molecule has 1 fully saturated rings. The Kier molecular flexibility index (Phi) is 11.2. The second-order valence-electron chi connectivity index (χ2n) is 9.56. The maximum Gasteiger partial charge on any atom is 0.343 e. The molecule has 1 atom stereocenters. The molecule has 0 aliphatic heterocycles. The predicted octanol–water partition coefficient (Wildman–Crippen LogP) is 7.57. The molecule has 0 heterocycles. The van der Waals surface area contributed by atoms with E-state index in [0.29, 0.717) is 30.3 Å². The molecule has 1 aliphatic carbocycles. The van der Waals surface area contributed by atoms with Gasteiger partial charge >= 0.3 is 11.9 Å². The molecule has 0 aromatic heterocycles. The van der Waals surface area contributed by atoms with Gasteiger partial charge in [0.1, 0.15) is 17.6 Å². The van der Waals surface area contributed by atoms with Gasteiger partial charge < -0.3 is 14.2 Å². The molecule has 0 unspecified atom stereocenters. The Hall–Kier alpha value is -2.89. The van der Waals surface area contributed by atoms with Gasteiger partial charge in [-0.3, -0.25) is 0 Å². The maximum absolute atomic E-state index is 13.9. The van der Waals surface area contributed by atoms with Gasteiger partial charge in [-0.05, 0) is 86.4 Å². The number of benzene rings is 2. The molecule has 0 spiro atoms. The molecule has 0 bridgehead atoms. The fourth-order valence-corrected chi connectivity index (χ4v) is 4.46. The zero-order valence-electron chi connectivity index (χ0n) is 21.5. The molecule has 0 N–H and O–H groups in total. The summed E-state index contributed by atoms with van der Waals surface area (Å²) in [6.07, 6.45) is 6.57. The van der Waals surface area contributed by atoms with Crippen molar-refractivity contribution >= 4 is 11.9 Å². The Labute approximate surface area is 214 Å². The number of ether oxygens (including phenoxy) is 3. The molecule has 3 rings (SSSR count). The summed E-state index contributed by atoms with van der Waals surface area (Å²) in [5.41, 5.74) is 1.63. The van der Waals surface area contributed by atoms with Gasteiger partial charge in [0.15, 0.2) is 6.17 Å². The van der Waals surface area contributed by atoms with Gasteiger partial charge in [-0.2, -0.15) is 0 Å². The van der Waals surface area contributed by atoms with Crippen LogP contribution in [0, 0.1) is 0 Å². The Balaban J connectivity index is 1.43. The van der Waals surface area contributed by atoms with Crippen LogP contribution in [0.3, 0.4) is 0 Å². The summed E-state index contributed by atoms with van der Waals surface area (Å²) in [4.78, 5) is 24.4. The highest BCUT2D eigenvalue weighted by Gasteiger charge is 2.27. The second-order valence-corrected chi connectivity index (χ2v) is 9.56. The Morgan fingerprint density at radius 3 is 2.14 bits per heavy atom. The van der Waals surface area contributed by atoms with Crippen molar-refractivity contribution in [3.8, 4) is 11.5 Å². The third-order valence-electron chi connectivity index (χ3n) is 6.69. The van der Waals surface area contributed by atoms with E-state index in [9.17, 15) is 14.0 Å². The lowest BCUT2D eigenvalue weighted by atomic mass is 9.83. The first-order valence-electron chi connectivity index (χ1n) is 13.4. The SMILES string of the molecule is CCCCCOc1ccc(C(=O)Oc2ccc([C@H]3CC[C@H](OC(=O)[C@@H](F)CCCC)CC3)cc2)cc1. The minimum Gasteiger partial charge on any atom is -0.494 e. The molecule has 5 nitrogen and oxygen atoms in total. The average Bonchev–Trinajstić information content (AvgIpc) is 2.91. The third-order valence-corrected chi connectivity index (χ3v) is 6.69. The predicted molar refractivity (Wildman–Crippen MR) is 138 cm³/mol. The fraction of sp³-hybridized carbons (Fsp3) is 0.533. The van der Waals surface area contributed by atoms with E-state index in [2.05, 4.69) is 6.92 Å². The number of carbonyl (C=O) groups is 2. The monoisotopic (exact) mass is 498 g/mol. The molecule has 0 amide bonds. The summed E-state index contributed by atoms with van der Waals surface area (Å²) in [6, 6.07) is 14.6. The largest absolute Gasteiger partial charge is 0.494 e. The Bertz CT molecular complexity index is 933. The summed E-state index contributed by atoms with van der Waals surface area (Å²) in [5.74, 6) is 0.459. The molecule has 2 aromatic carbocycles. The van der Waals surface area contributed by atoms with E-state index in [1.165, 1.54) is 0 Å². The minimum atomic E-state index is -1.51. The fourth-order valence-electron chi connectivity index (χ4n) is 4.46. The number of hydrogen-bond donors (Lipinski definition) is 0. The van der Waals surface area contributed by atoms with Crippen molar-refractivity contribution in [3.63, 3.8) is 0 Å². The zero-order valence-corrected chi connectivity index (χ0v) is 21.5. The van der Waals surface area contributed by atoms with Crippen molar-refractivity contribution in [3.05, 3.63) is 59.7 Å². The molecule has 36 heavy (non-hydrogen) atoms. The molecular formula is C30H39FO5. The van der Waals surface area contributed by atoms with Gasteiger partial charge in [0.25, 0.3) is 0 Å². The van der Waals surface area contributed by atoms with Gasteiger partial charge in [-0.25, -0.2) is 14.0 Å². The highest BCUT2D eigenvalue weighted by Crippen LogP contribution is 2.35. The van der Waals surface area contributed by atoms with Crippen molar-refractivity contribution in [2.45, 2.75) is 96.2 Å². The van der Waals surface area contributed by atoms with Crippen molar-refractivity contribution < 1.29 is 28.2 Å². The summed E-state index contributed by atoms with van der Waals surface area (Å²) >= 11 is 0. The summed E-state index contributed by atoms with van der Waals surface area (Å²) < 4.78 is 30.5. The van der Waals surface area contributed by atoms with Crippen LogP contribution in [0.2, 0.25) is 0 Å². The van der Waals surface area contributed by atoms with Crippen molar-refractivity contribution in [1.29, 1.82) is 0 Å². The van der Waals surface area contributed by atoms with Crippen LogP contribution in [0.15, 0.2) is 48.5 Å².